The third kappa shape index (κ3) is 3.33. The highest BCUT2D eigenvalue weighted by atomic mass is 32.2. The smallest absolute Gasteiger partial charge is 0.247 e. The molecule has 0 aliphatic carbocycles. The molecule has 0 saturated carbocycles. The van der Waals surface area contributed by atoms with Crippen molar-refractivity contribution < 1.29 is 26.7 Å². The summed E-state index contributed by atoms with van der Waals surface area (Å²) in [6.07, 6.45) is 1.86. The Labute approximate surface area is 173 Å². The monoisotopic (exact) mass is 434 g/mol. The SMILES string of the molecule is COc1ccc([C@H]2c3cccn3CCN2S(=O)(=O)c2cc(F)ccc2F)cc1OC. The maximum absolute atomic E-state index is 14.4. The lowest BCUT2D eigenvalue weighted by atomic mass is 10.0. The van der Waals surface area contributed by atoms with Gasteiger partial charge in [0.25, 0.3) is 0 Å². The van der Waals surface area contributed by atoms with Crippen LogP contribution in [0, 0.1) is 11.6 Å². The Kier molecular flexibility index (Phi) is 5.25. The molecule has 2 aromatic carbocycles. The van der Waals surface area contributed by atoms with Crippen molar-refractivity contribution in [1.82, 2.24) is 8.87 Å². The minimum Gasteiger partial charge on any atom is -0.493 e. The number of halogens is 2. The molecule has 0 amide bonds. The third-order valence-corrected chi connectivity index (χ3v) is 7.08. The first-order valence-electron chi connectivity index (χ1n) is 9.20. The van der Waals surface area contributed by atoms with Gasteiger partial charge >= 0.3 is 0 Å². The van der Waals surface area contributed by atoms with Crippen molar-refractivity contribution in [2.24, 2.45) is 0 Å². The van der Waals surface area contributed by atoms with Gasteiger partial charge in [-0.25, -0.2) is 17.2 Å². The van der Waals surface area contributed by atoms with Crippen LogP contribution in [0.5, 0.6) is 11.5 Å². The first kappa shape index (κ1) is 20.4. The number of fused-ring (bicyclic) bond motifs is 1. The van der Waals surface area contributed by atoms with Crippen LogP contribution in [0.15, 0.2) is 59.6 Å². The maximum atomic E-state index is 14.4. The number of hydrogen-bond donors (Lipinski definition) is 0. The van der Waals surface area contributed by atoms with Gasteiger partial charge in [-0.15, -0.1) is 0 Å². The molecule has 0 fully saturated rings. The van der Waals surface area contributed by atoms with Gasteiger partial charge in [0, 0.05) is 25.0 Å². The number of hydrogen-bond acceptors (Lipinski definition) is 4. The lowest BCUT2D eigenvalue weighted by Crippen LogP contribution is -2.42. The number of ether oxygens (including phenoxy) is 2. The van der Waals surface area contributed by atoms with Crippen molar-refractivity contribution in [1.29, 1.82) is 0 Å². The molecule has 1 aliphatic heterocycles. The van der Waals surface area contributed by atoms with Crippen LogP contribution in [0.1, 0.15) is 17.3 Å². The fourth-order valence-electron chi connectivity index (χ4n) is 3.78. The molecule has 1 aliphatic rings. The number of sulfonamides is 1. The van der Waals surface area contributed by atoms with Crippen LogP contribution in [-0.2, 0) is 16.6 Å². The van der Waals surface area contributed by atoms with E-state index in [1.54, 1.807) is 18.2 Å². The molecule has 6 nitrogen and oxygen atoms in total. The van der Waals surface area contributed by atoms with Gasteiger partial charge in [-0.2, -0.15) is 4.31 Å². The molecule has 158 valence electrons. The van der Waals surface area contributed by atoms with Crippen LogP contribution in [0.4, 0.5) is 8.78 Å². The summed E-state index contributed by atoms with van der Waals surface area (Å²) in [6.45, 7) is 0.487. The van der Waals surface area contributed by atoms with Gasteiger partial charge in [0.2, 0.25) is 10.0 Å². The molecule has 0 radical (unpaired) electrons. The molecule has 0 spiro atoms. The average Bonchev–Trinajstić information content (AvgIpc) is 3.23. The van der Waals surface area contributed by atoms with E-state index in [1.807, 2.05) is 22.9 Å². The largest absolute Gasteiger partial charge is 0.493 e. The Balaban J connectivity index is 1.88. The van der Waals surface area contributed by atoms with E-state index in [0.29, 0.717) is 35.4 Å². The molecule has 4 rings (SSSR count). The highest BCUT2D eigenvalue weighted by Gasteiger charge is 2.39. The van der Waals surface area contributed by atoms with Crippen molar-refractivity contribution in [2.45, 2.75) is 17.5 Å². The third-order valence-electron chi connectivity index (χ3n) is 5.20. The second kappa shape index (κ2) is 7.73. The predicted octanol–water partition coefficient (Wildman–Crippen LogP) is 3.58. The van der Waals surface area contributed by atoms with Gasteiger partial charge in [-0.05, 0) is 48.0 Å². The molecule has 2 heterocycles. The van der Waals surface area contributed by atoms with Crippen molar-refractivity contribution in [3.05, 3.63) is 77.6 Å². The van der Waals surface area contributed by atoms with Crippen molar-refractivity contribution >= 4 is 10.0 Å². The number of methoxy groups -OCH3 is 2. The standard InChI is InChI=1S/C21H20F2N2O4S/c1-28-18-8-5-14(12-19(18)29-2)21-17-4-3-9-24(17)10-11-25(21)30(26,27)20-13-15(22)6-7-16(20)23/h3-9,12-13,21H,10-11H2,1-2H3/t21-/m0/s1. The molecule has 0 saturated heterocycles. The van der Waals surface area contributed by atoms with E-state index in [4.69, 9.17) is 9.47 Å². The summed E-state index contributed by atoms with van der Waals surface area (Å²) in [5, 5.41) is 0. The van der Waals surface area contributed by atoms with Crippen LogP contribution in [0.25, 0.3) is 0 Å². The highest BCUT2D eigenvalue weighted by molar-refractivity contribution is 7.89. The summed E-state index contributed by atoms with van der Waals surface area (Å²) in [6, 6.07) is 10.4. The molecule has 9 heteroatoms. The summed E-state index contributed by atoms with van der Waals surface area (Å²) in [4.78, 5) is -0.687. The fourth-order valence-corrected chi connectivity index (χ4v) is 5.44. The van der Waals surface area contributed by atoms with Crippen molar-refractivity contribution in [3.63, 3.8) is 0 Å². The first-order valence-corrected chi connectivity index (χ1v) is 10.6. The number of benzene rings is 2. The zero-order valence-corrected chi connectivity index (χ0v) is 17.2. The quantitative estimate of drug-likeness (QED) is 0.616. The van der Waals surface area contributed by atoms with Gasteiger partial charge < -0.3 is 14.0 Å². The Hall–Kier alpha value is -2.91. The van der Waals surface area contributed by atoms with Crippen molar-refractivity contribution in [2.75, 3.05) is 20.8 Å². The average molecular weight is 434 g/mol. The van der Waals surface area contributed by atoms with Gasteiger partial charge in [0.1, 0.15) is 16.5 Å². The highest BCUT2D eigenvalue weighted by Crippen LogP contribution is 2.40. The lowest BCUT2D eigenvalue weighted by Gasteiger charge is -2.36. The van der Waals surface area contributed by atoms with Gasteiger partial charge in [-0.3, -0.25) is 0 Å². The van der Waals surface area contributed by atoms with Crippen LogP contribution in [0.3, 0.4) is 0 Å². The van der Waals surface area contributed by atoms with Gasteiger partial charge in [0.05, 0.1) is 20.3 Å². The molecule has 0 N–H and O–H groups in total. The molecule has 0 bridgehead atoms. The van der Waals surface area contributed by atoms with E-state index < -0.39 is 32.6 Å². The van der Waals surface area contributed by atoms with Crippen LogP contribution in [0.2, 0.25) is 0 Å². The van der Waals surface area contributed by atoms with Crippen LogP contribution in [-0.4, -0.2) is 38.1 Å². The van der Waals surface area contributed by atoms with E-state index in [0.717, 1.165) is 12.1 Å². The van der Waals surface area contributed by atoms with E-state index in [1.165, 1.54) is 18.5 Å². The minimum absolute atomic E-state index is 0.0962. The Bertz CT molecular complexity index is 1190. The number of aromatic nitrogens is 1. The summed E-state index contributed by atoms with van der Waals surface area (Å²) in [5.41, 5.74) is 1.33. The Morgan fingerprint density at radius 1 is 0.967 bits per heavy atom. The van der Waals surface area contributed by atoms with Crippen LogP contribution < -0.4 is 9.47 Å². The molecule has 1 aromatic heterocycles. The lowest BCUT2D eigenvalue weighted by molar-refractivity contribution is 0.295. The van der Waals surface area contributed by atoms with E-state index in [9.17, 15) is 17.2 Å². The molecule has 0 unspecified atom stereocenters. The molecular weight excluding hydrogens is 414 g/mol. The topological polar surface area (TPSA) is 60.8 Å². The molecular formula is C21H20F2N2O4S. The van der Waals surface area contributed by atoms with E-state index in [-0.39, 0.29) is 6.54 Å². The van der Waals surface area contributed by atoms with Gasteiger partial charge in [0.15, 0.2) is 11.5 Å². The zero-order valence-electron chi connectivity index (χ0n) is 16.4. The van der Waals surface area contributed by atoms with Crippen molar-refractivity contribution in [3.8, 4) is 11.5 Å². The second-order valence-corrected chi connectivity index (χ2v) is 8.69. The fraction of sp³-hybridized carbons (Fsp3) is 0.238. The predicted molar refractivity (Wildman–Crippen MR) is 106 cm³/mol. The minimum atomic E-state index is -4.34. The maximum Gasteiger partial charge on any atom is 0.247 e. The summed E-state index contributed by atoms with van der Waals surface area (Å²) in [7, 11) is -1.34. The van der Waals surface area contributed by atoms with Crippen LogP contribution >= 0.6 is 0 Å². The number of rotatable bonds is 5. The first-order chi connectivity index (χ1) is 14.4. The molecule has 1 atom stereocenters. The Morgan fingerprint density at radius 2 is 1.73 bits per heavy atom. The normalized spacial score (nSPS) is 16.9. The molecule has 30 heavy (non-hydrogen) atoms. The van der Waals surface area contributed by atoms with E-state index >= 15 is 0 Å². The van der Waals surface area contributed by atoms with Gasteiger partial charge in [-0.1, -0.05) is 6.07 Å². The Morgan fingerprint density at radius 3 is 2.47 bits per heavy atom. The summed E-state index contributed by atoms with van der Waals surface area (Å²) in [5.74, 6) is -0.882. The zero-order chi connectivity index (χ0) is 21.5. The number of nitrogens with zero attached hydrogens (tertiary/aromatic N) is 2. The van der Waals surface area contributed by atoms with E-state index in [2.05, 4.69) is 0 Å². The summed E-state index contributed by atoms with van der Waals surface area (Å²) >= 11 is 0. The second-order valence-electron chi connectivity index (χ2n) is 6.83. The summed E-state index contributed by atoms with van der Waals surface area (Å²) < 4.78 is 68.7. The molecule has 3 aromatic rings.